The highest BCUT2D eigenvalue weighted by Crippen LogP contribution is 2.21. The molecule has 22 heavy (non-hydrogen) atoms. The Balaban J connectivity index is 1.58. The maximum atomic E-state index is 10.0. The Morgan fingerprint density at radius 2 is 1.86 bits per heavy atom. The van der Waals surface area contributed by atoms with Gasteiger partial charge in [-0.3, -0.25) is 0 Å². The molecule has 1 saturated carbocycles. The van der Waals surface area contributed by atoms with E-state index in [-0.39, 0.29) is 0 Å². The molecule has 0 heterocycles. The van der Waals surface area contributed by atoms with Gasteiger partial charge in [-0.1, -0.05) is 19.1 Å². The van der Waals surface area contributed by atoms with Crippen molar-refractivity contribution in [2.45, 2.75) is 51.4 Å². The average Bonchev–Trinajstić information content (AvgIpc) is 2.55. The Morgan fingerprint density at radius 3 is 2.50 bits per heavy atom. The third-order valence-electron chi connectivity index (χ3n) is 4.54. The Kier molecular flexibility index (Phi) is 7.16. The molecule has 0 spiro atoms. The lowest BCUT2D eigenvalue weighted by molar-refractivity contribution is -0.697. The van der Waals surface area contributed by atoms with E-state index < -0.39 is 6.10 Å². The van der Waals surface area contributed by atoms with Gasteiger partial charge in [-0.2, -0.15) is 0 Å². The molecule has 0 saturated heterocycles. The predicted molar refractivity (Wildman–Crippen MR) is 86.9 cm³/mol. The highest BCUT2D eigenvalue weighted by molar-refractivity contribution is 5.26. The molecule has 0 aromatic heterocycles. The van der Waals surface area contributed by atoms with Crippen molar-refractivity contribution in [3.05, 3.63) is 29.8 Å². The summed E-state index contributed by atoms with van der Waals surface area (Å²) in [6, 6.07) is 8.51. The lowest BCUT2D eigenvalue weighted by Crippen LogP contribution is -2.92. The zero-order valence-corrected chi connectivity index (χ0v) is 13.8. The summed E-state index contributed by atoms with van der Waals surface area (Å²) in [6.07, 6.45) is 4.81. The summed E-state index contributed by atoms with van der Waals surface area (Å²) >= 11 is 0. The van der Waals surface area contributed by atoms with Crippen LogP contribution in [0, 0.1) is 5.92 Å². The molecule has 4 heteroatoms. The lowest BCUT2D eigenvalue weighted by atomic mass is 9.87. The second-order valence-corrected chi connectivity index (χ2v) is 6.51. The summed E-state index contributed by atoms with van der Waals surface area (Å²) in [5, 5.41) is 12.3. The number of aliphatic hydroxyl groups is 1. The van der Waals surface area contributed by atoms with Crippen molar-refractivity contribution in [3.8, 4) is 5.75 Å². The van der Waals surface area contributed by atoms with Gasteiger partial charge in [-0.15, -0.1) is 0 Å². The van der Waals surface area contributed by atoms with Crippen LogP contribution in [0.3, 0.4) is 0 Å². The molecule has 0 radical (unpaired) electrons. The minimum Gasteiger partial charge on any atom is -0.497 e. The molecule has 124 valence electrons. The molecule has 0 amide bonds. The lowest BCUT2D eigenvalue weighted by Gasteiger charge is -2.25. The molecule has 1 fully saturated rings. The van der Waals surface area contributed by atoms with E-state index in [4.69, 9.17) is 9.47 Å². The number of aliphatic hydroxyl groups excluding tert-OH is 1. The van der Waals surface area contributed by atoms with E-state index >= 15 is 0 Å². The standard InChI is InChI=1S/C18H29NO3/c1-14-3-7-16(8-4-14)19-11-17(20)13-22-12-15-5-9-18(21-2)10-6-15/h5-6,9-10,14,16-17,19-20H,3-4,7-8,11-13H2,1-2H3/p+1/t14?,16?,17-/m0/s1. The fourth-order valence-corrected chi connectivity index (χ4v) is 2.97. The molecule has 0 aliphatic heterocycles. The molecule has 2 rings (SSSR count). The monoisotopic (exact) mass is 308 g/mol. The number of methoxy groups -OCH3 is 1. The van der Waals surface area contributed by atoms with Gasteiger partial charge >= 0.3 is 0 Å². The zero-order valence-electron chi connectivity index (χ0n) is 13.8. The molecular weight excluding hydrogens is 278 g/mol. The Morgan fingerprint density at radius 1 is 1.18 bits per heavy atom. The van der Waals surface area contributed by atoms with E-state index in [9.17, 15) is 5.11 Å². The van der Waals surface area contributed by atoms with Crippen LogP contribution in [-0.4, -0.2) is 37.5 Å². The fraction of sp³-hybridized carbons (Fsp3) is 0.667. The molecule has 3 N–H and O–H groups in total. The summed E-state index contributed by atoms with van der Waals surface area (Å²) in [7, 11) is 1.66. The van der Waals surface area contributed by atoms with Gasteiger partial charge in [0.15, 0.2) is 0 Å². The Hall–Kier alpha value is -1.10. The highest BCUT2D eigenvalue weighted by Gasteiger charge is 2.21. The quantitative estimate of drug-likeness (QED) is 0.769. The number of hydrogen-bond donors (Lipinski definition) is 2. The first-order valence-electron chi connectivity index (χ1n) is 8.39. The van der Waals surface area contributed by atoms with E-state index in [1.807, 2.05) is 24.3 Å². The van der Waals surface area contributed by atoms with E-state index in [0.717, 1.165) is 23.8 Å². The smallest absolute Gasteiger partial charge is 0.126 e. The summed E-state index contributed by atoms with van der Waals surface area (Å²) in [6.45, 7) is 3.99. The van der Waals surface area contributed by atoms with Gasteiger partial charge in [0.05, 0.1) is 26.4 Å². The van der Waals surface area contributed by atoms with Crippen molar-refractivity contribution >= 4 is 0 Å². The SMILES string of the molecule is COc1ccc(COC[C@@H](O)C[NH2+]C2CCC(C)CC2)cc1. The van der Waals surface area contributed by atoms with Crippen LogP contribution in [0.25, 0.3) is 0 Å². The van der Waals surface area contributed by atoms with Gasteiger partial charge in [0.25, 0.3) is 0 Å². The van der Waals surface area contributed by atoms with E-state index in [2.05, 4.69) is 12.2 Å². The number of rotatable bonds is 8. The molecule has 1 atom stereocenters. The average molecular weight is 308 g/mol. The number of ether oxygens (including phenoxy) is 2. The van der Waals surface area contributed by atoms with Gasteiger partial charge in [-0.25, -0.2) is 0 Å². The first kappa shape index (κ1) is 17.3. The van der Waals surface area contributed by atoms with E-state index in [0.29, 0.717) is 19.3 Å². The minimum absolute atomic E-state index is 0.391. The molecule has 1 aliphatic carbocycles. The summed E-state index contributed by atoms with van der Waals surface area (Å²) < 4.78 is 10.7. The van der Waals surface area contributed by atoms with Crippen LogP contribution < -0.4 is 10.1 Å². The van der Waals surface area contributed by atoms with E-state index in [1.54, 1.807) is 7.11 Å². The van der Waals surface area contributed by atoms with Crippen LogP contribution in [0.5, 0.6) is 5.75 Å². The largest absolute Gasteiger partial charge is 0.497 e. The van der Waals surface area contributed by atoms with Crippen LogP contribution in [0.15, 0.2) is 24.3 Å². The van der Waals surface area contributed by atoms with Crippen molar-refractivity contribution in [3.63, 3.8) is 0 Å². The molecule has 1 aliphatic rings. The van der Waals surface area contributed by atoms with Gasteiger partial charge in [0.2, 0.25) is 0 Å². The maximum absolute atomic E-state index is 10.0. The van der Waals surface area contributed by atoms with Crippen LogP contribution in [0.2, 0.25) is 0 Å². The molecule has 0 bridgehead atoms. The molecular formula is C18H30NO3+. The molecule has 1 aromatic rings. The first-order valence-corrected chi connectivity index (χ1v) is 8.39. The zero-order chi connectivity index (χ0) is 15.8. The normalized spacial score (nSPS) is 23.2. The molecule has 0 unspecified atom stereocenters. The third kappa shape index (κ3) is 5.95. The van der Waals surface area contributed by atoms with Crippen molar-refractivity contribution in [2.75, 3.05) is 20.3 Å². The van der Waals surface area contributed by atoms with Gasteiger partial charge in [0, 0.05) is 0 Å². The summed E-state index contributed by atoms with van der Waals surface area (Å²) in [5.41, 5.74) is 1.10. The van der Waals surface area contributed by atoms with Crippen LogP contribution >= 0.6 is 0 Å². The third-order valence-corrected chi connectivity index (χ3v) is 4.54. The van der Waals surface area contributed by atoms with Crippen LogP contribution in [0.4, 0.5) is 0 Å². The topological polar surface area (TPSA) is 55.3 Å². The number of benzene rings is 1. The fourth-order valence-electron chi connectivity index (χ4n) is 2.97. The summed E-state index contributed by atoms with van der Waals surface area (Å²) in [4.78, 5) is 0. The molecule has 4 nitrogen and oxygen atoms in total. The number of quaternary nitrogens is 1. The second-order valence-electron chi connectivity index (χ2n) is 6.51. The van der Waals surface area contributed by atoms with Gasteiger partial charge < -0.3 is 19.9 Å². The first-order chi connectivity index (χ1) is 10.7. The van der Waals surface area contributed by atoms with Crippen molar-refractivity contribution in [1.29, 1.82) is 0 Å². The van der Waals surface area contributed by atoms with Crippen molar-refractivity contribution < 1.29 is 19.9 Å². The van der Waals surface area contributed by atoms with Gasteiger partial charge in [-0.05, 0) is 49.3 Å². The number of nitrogens with two attached hydrogens (primary N) is 1. The Labute approximate surface area is 133 Å². The maximum Gasteiger partial charge on any atom is 0.126 e. The summed E-state index contributed by atoms with van der Waals surface area (Å²) in [5.74, 6) is 1.72. The van der Waals surface area contributed by atoms with Gasteiger partial charge in [0.1, 0.15) is 18.4 Å². The predicted octanol–water partition coefficient (Wildman–Crippen LogP) is 1.71. The van der Waals surface area contributed by atoms with Crippen molar-refractivity contribution in [1.82, 2.24) is 0 Å². The van der Waals surface area contributed by atoms with E-state index in [1.165, 1.54) is 25.7 Å². The van der Waals surface area contributed by atoms with Crippen LogP contribution in [0.1, 0.15) is 38.2 Å². The Bertz CT molecular complexity index is 413. The second kappa shape index (κ2) is 9.13. The highest BCUT2D eigenvalue weighted by atomic mass is 16.5. The van der Waals surface area contributed by atoms with Crippen molar-refractivity contribution in [2.24, 2.45) is 5.92 Å². The minimum atomic E-state index is -0.391. The number of hydrogen-bond acceptors (Lipinski definition) is 3. The molecule has 1 aromatic carbocycles. The van der Waals surface area contributed by atoms with Crippen LogP contribution in [-0.2, 0) is 11.3 Å².